The van der Waals surface area contributed by atoms with Crippen molar-refractivity contribution in [3.63, 3.8) is 0 Å². The molecular weight excluding hydrogens is 472 g/mol. The van der Waals surface area contributed by atoms with E-state index in [1.807, 2.05) is 0 Å². The molecular formula is C29H46N2O6. The van der Waals surface area contributed by atoms with Gasteiger partial charge in [0.1, 0.15) is 0 Å². The molecule has 6 atom stereocenters. The number of benzene rings is 1. The number of hydrogen-bond donors (Lipinski definition) is 6. The highest BCUT2D eigenvalue weighted by atomic mass is 16.4. The zero-order valence-corrected chi connectivity index (χ0v) is 23.4. The van der Waals surface area contributed by atoms with Crippen LogP contribution in [0.3, 0.4) is 0 Å². The molecule has 4 saturated heterocycles. The van der Waals surface area contributed by atoms with Crippen molar-refractivity contribution in [3.05, 3.63) is 34.9 Å². The lowest BCUT2D eigenvalue weighted by molar-refractivity contribution is -0.0718. The summed E-state index contributed by atoms with van der Waals surface area (Å²) < 4.78 is 0. The van der Waals surface area contributed by atoms with Crippen LogP contribution < -0.4 is 10.6 Å². The summed E-state index contributed by atoms with van der Waals surface area (Å²) in [4.78, 5) is 21.1. The highest BCUT2D eigenvalue weighted by Gasteiger charge is 2.52. The van der Waals surface area contributed by atoms with Gasteiger partial charge in [-0.25, -0.2) is 9.59 Å². The molecule has 6 unspecified atom stereocenters. The van der Waals surface area contributed by atoms with Crippen molar-refractivity contribution < 1.29 is 30.0 Å². The molecule has 4 aliphatic heterocycles. The van der Waals surface area contributed by atoms with Crippen LogP contribution in [0.25, 0.3) is 0 Å². The lowest BCUT2D eigenvalue weighted by Gasteiger charge is -2.57. The van der Waals surface area contributed by atoms with E-state index in [0.29, 0.717) is 17.4 Å². The van der Waals surface area contributed by atoms with Crippen LogP contribution in [0.5, 0.6) is 0 Å². The molecule has 37 heavy (non-hydrogen) atoms. The van der Waals surface area contributed by atoms with Crippen LogP contribution in [-0.2, 0) is 0 Å². The second kappa shape index (κ2) is 10.3. The van der Waals surface area contributed by atoms with Crippen LogP contribution in [0, 0.1) is 18.8 Å². The van der Waals surface area contributed by atoms with E-state index in [-0.39, 0.29) is 45.5 Å². The third-order valence-electron chi connectivity index (χ3n) is 8.94. The number of nitrogens with one attached hydrogen (secondary N) is 2. The van der Waals surface area contributed by atoms with Crippen LogP contribution in [-0.4, -0.2) is 66.7 Å². The Balaban J connectivity index is 0.000000154. The number of carboxylic acid groups (broad SMARTS) is 2. The largest absolute Gasteiger partial charge is 0.478 e. The Morgan fingerprint density at radius 3 is 1.32 bits per heavy atom. The van der Waals surface area contributed by atoms with Gasteiger partial charge in [-0.3, -0.25) is 0 Å². The number of aliphatic hydroxyl groups excluding tert-OH is 2. The van der Waals surface area contributed by atoms with Crippen molar-refractivity contribution >= 4 is 11.9 Å². The Morgan fingerprint density at radius 2 is 1.08 bits per heavy atom. The number of aromatic carboxylic acids is 2. The molecule has 1 aromatic carbocycles. The fraction of sp³-hybridized carbons (Fsp3) is 0.724. The number of aryl methyl sites for hydroxylation is 1. The number of carbonyl (C=O) groups is 2. The number of fused-ring (bicyclic) bond motifs is 6. The molecule has 0 amide bonds. The molecule has 2 aliphatic carbocycles. The van der Waals surface area contributed by atoms with Crippen LogP contribution >= 0.6 is 0 Å². The van der Waals surface area contributed by atoms with Gasteiger partial charge in [0, 0.05) is 34.0 Å². The normalized spacial score (nSPS) is 36.5. The quantitative estimate of drug-likeness (QED) is 0.346. The highest BCUT2D eigenvalue weighted by Crippen LogP contribution is 2.45. The Kier molecular flexibility index (Phi) is 8.22. The van der Waals surface area contributed by atoms with E-state index >= 15 is 0 Å². The lowest BCUT2D eigenvalue weighted by atomic mass is 9.63. The van der Waals surface area contributed by atoms with Crippen molar-refractivity contribution in [1.82, 2.24) is 10.6 Å². The molecule has 0 radical (unpaired) electrons. The summed E-state index contributed by atoms with van der Waals surface area (Å²) in [6.45, 7) is 14.9. The summed E-state index contributed by atoms with van der Waals surface area (Å²) in [5.41, 5.74) is 1.26. The molecule has 4 heterocycles. The first-order valence-corrected chi connectivity index (χ1v) is 13.4. The Hall–Kier alpha value is -2.00. The molecule has 2 saturated carbocycles. The molecule has 208 valence electrons. The third kappa shape index (κ3) is 6.72. The SMILES string of the molecule is CC12CCC(C(O)C1)C(C)(C)N2.CC12CCC(C(O)C1)C(C)(C)N2.Cc1cc(C(=O)O)cc(C(=O)O)c1. The monoisotopic (exact) mass is 518 g/mol. The van der Waals surface area contributed by atoms with Gasteiger partial charge in [0.2, 0.25) is 0 Å². The minimum Gasteiger partial charge on any atom is -0.478 e. The maximum Gasteiger partial charge on any atom is 0.335 e. The average molecular weight is 519 g/mol. The molecule has 8 heteroatoms. The maximum atomic E-state index is 10.5. The smallest absolute Gasteiger partial charge is 0.335 e. The predicted molar refractivity (Wildman–Crippen MR) is 143 cm³/mol. The third-order valence-corrected chi connectivity index (χ3v) is 8.94. The van der Waals surface area contributed by atoms with E-state index < -0.39 is 11.9 Å². The molecule has 6 aliphatic rings. The van der Waals surface area contributed by atoms with Gasteiger partial charge in [-0.2, -0.15) is 0 Å². The Bertz CT molecular complexity index is 942. The summed E-state index contributed by atoms with van der Waals surface area (Å²) >= 11 is 0. The highest BCUT2D eigenvalue weighted by molar-refractivity contribution is 5.94. The predicted octanol–water partition coefficient (Wildman–Crippen LogP) is 3.97. The second-order valence-corrected chi connectivity index (χ2v) is 13.3. The number of piperidine rings is 4. The molecule has 1 aromatic rings. The van der Waals surface area contributed by atoms with Gasteiger partial charge in [-0.05, 0) is 111 Å². The van der Waals surface area contributed by atoms with Crippen molar-refractivity contribution in [2.45, 2.75) is 121 Å². The Labute approximate surface area is 220 Å². The number of carboxylic acids is 2. The second-order valence-electron chi connectivity index (χ2n) is 13.3. The summed E-state index contributed by atoms with van der Waals surface area (Å²) in [7, 11) is 0. The van der Waals surface area contributed by atoms with Crippen LogP contribution in [0.2, 0.25) is 0 Å². The first-order chi connectivity index (χ1) is 16.9. The molecule has 6 N–H and O–H groups in total. The zero-order valence-electron chi connectivity index (χ0n) is 23.4. The summed E-state index contributed by atoms with van der Waals surface area (Å²) in [5.74, 6) is -1.32. The number of aliphatic hydroxyl groups is 2. The first-order valence-electron chi connectivity index (χ1n) is 13.4. The van der Waals surface area contributed by atoms with Crippen molar-refractivity contribution in [1.29, 1.82) is 0 Å². The van der Waals surface area contributed by atoms with E-state index in [4.69, 9.17) is 10.2 Å². The fourth-order valence-electron chi connectivity index (χ4n) is 7.43. The molecule has 4 bridgehead atoms. The Morgan fingerprint density at radius 1 is 0.730 bits per heavy atom. The van der Waals surface area contributed by atoms with E-state index in [9.17, 15) is 19.8 Å². The van der Waals surface area contributed by atoms with Crippen LogP contribution in [0.15, 0.2) is 18.2 Å². The summed E-state index contributed by atoms with van der Waals surface area (Å²) in [5, 5.41) is 44.2. The topological polar surface area (TPSA) is 139 Å². The molecule has 8 nitrogen and oxygen atoms in total. The molecule has 6 fully saturated rings. The van der Waals surface area contributed by atoms with E-state index in [1.165, 1.54) is 37.8 Å². The summed E-state index contributed by atoms with van der Waals surface area (Å²) in [6.07, 6.45) is 6.49. The van der Waals surface area contributed by atoms with E-state index in [0.717, 1.165) is 18.9 Å². The number of hydrogen-bond acceptors (Lipinski definition) is 6. The van der Waals surface area contributed by atoms with Crippen molar-refractivity contribution in [2.24, 2.45) is 11.8 Å². The van der Waals surface area contributed by atoms with Crippen LogP contribution in [0.4, 0.5) is 0 Å². The van der Waals surface area contributed by atoms with Gasteiger partial charge in [0.05, 0.1) is 23.3 Å². The number of rotatable bonds is 2. The van der Waals surface area contributed by atoms with Crippen molar-refractivity contribution in [3.8, 4) is 0 Å². The molecule has 7 rings (SSSR count). The van der Waals surface area contributed by atoms with Crippen molar-refractivity contribution in [2.75, 3.05) is 0 Å². The molecule has 0 spiro atoms. The van der Waals surface area contributed by atoms with Crippen LogP contribution in [0.1, 0.15) is 106 Å². The lowest BCUT2D eigenvalue weighted by Crippen LogP contribution is -2.69. The van der Waals surface area contributed by atoms with Gasteiger partial charge in [-0.1, -0.05) is 0 Å². The van der Waals surface area contributed by atoms with E-state index in [2.05, 4.69) is 52.2 Å². The van der Waals surface area contributed by atoms with Gasteiger partial charge in [0.15, 0.2) is 0 Å². The first kappa shape index (κ1) is 29.6. The van der Waals surface area contributed by atoms with Gasteiger partial charge in [-0.15, -0.1) is 0 Å². The van der Waals surface area contributed by atoms with Gasteiger partial charge >= 0.3 is 11.9 Å². The minimum atomic E-state index is -1.12. The fourth-order valence-corrected chi connectivity index (χ4v) is 7.43. The standard InChI is InChI=1S/2C10H19NO.C9H8O4/c2*1-9(2)7-4-5-10(3,11-9)6-8(7)12;1-5-2-6(8(10)11)4-7(3-5)9(12)13/h2*7-8,11-12H,4-6H2,1-3H3;2-4H,1H3,(H,10,11)(H,12,13). The average Bonchev–Trinajstić information content (AvgIpc) is 2.71. The maximum absolute atomic E-state index is 10.5. The van der Waals surface area contributed by atoms with Gasteiger partial charge < -0.3 is 31.1 Å². The molecule has 0 aromatic heterocycles. The summed E-state index contributed by atoms with van der Waals surface area (Å²) in [6, 6.07) is 3.99. The van der Waals surface area contributed by atoms with E-state index in [1.54, 1.807) is 6.92 Å². The zero-order chi connectivity index (χ0) is 28.0. The van der Waals surface area contributed by atoms with Gasteiger partial charge in [0.25, 0.3) is 0 Å². The minimum absolute atomic E-state index is 0.00241.